The van der Waals surface area contributed by atoms with Crippen LogP contribution in [0.1, 0.15) is 25.3 Å². The summed E-state index contributed by atoms with van der Waals surface area (Å²) in [6.45, 7) is 2.12. The summed E-state index contributed by atoms with van der Waals surface area (Å²) >= 11 is 0. The van der Waals surface area contributed by atoms with Crippen molar-refractivity contribution in [2.45, 2.75) is 37.4 Å². The molecule has 0 bridgehead atoms. The summed E-state index contributed by atoms with van der Waals surface area (Å²) in [6.07, 6.45) is 2.29. The number of nitrogens with two attached hydrogens (primary N) is 1. The van der Waals surface area contributed by atoms with E-state index in [4.69, 9.17) is 5.73 Å². The molecule has 10 nitrogen and oxygen atoms in total. The van der Waals surface area contributed by atoms with E-state index in [0.29, 0.717) is 25.1 Å². The zero-order valence-corrected chi connectivity index (χ0v) is 15.7. The molecule has 1 aliphatic rings. The number of nitro groups is 2. The summed E-state index contributed by atoms with van der Waals surface area (Å²) in [6, 6.07) is 12.2. The molecule has 0 amide bonds. The maximum absolute atomic E-state index is 12.3. The van der Waals surface area contributed by atoms with Gasteiger partial charge in [0.1, 0.15) is 5.54 Å². The molecule has 0 radical (unpaired) electrons. The molecule has 0 aliphatic carbocycles. The highest BCUT2D eigenvalue weighted by atomic mass is 16.6. The van der Waals surface area contributed by atoms with Gasteiger partial charge >= 0.3 is 11.5 Å². The first-order valence-electron chi connectivity index (χ1n) is 8.69. The van der Waals surface area contributed by atoms with Crippen molar-refractivity contribution in [3.8, 4) is 0 Å². The highest BCUT2D eigenvalue weighted by Gasteiger charge is 2.66. The van der Waals surface area contributed by atoms with Crippen LogP contribution >= 0.6 is 0 Å². The zero-order valence-electron chi connectivity index (χ0n) is 15.7. The van der Waals surface area contributed by atoms with Crippen LogP contribution in [-0.4, -0.2) is 32.6 Å². The van der Waals surface area contributed by atoms with Crippen LogP contribution in [0.25, 0.3) is 0 Å². The predicted molar refractivity (Wildman–Crippen MR) is 105 cm³/mol. The van der Waals surface area contributed by atoms with Gasteiger partial charge in [0.2, 0.25) is 0 Å². The molecule has 10 heteroatoms. The Morgan fingerprint density at radius 3 is 2.36 bits per heavy atom. The molecular formula is C18H24N6O4. The van der Waals surface area contributed by atoms with Crippen molar-refractivity contribution >= 4 is 11.5 Å². The maximum Gasteiger partial charge on any atom is 0.363 e. The van der Waals surface area contributed by atoms with E-state index >= 15 is 0 Å². The number of anilines is 1. The number of benzene rings is 1. The van der Waals surface area contributed by atoms with Gasteiger partial charge in [-0.1, -0.05) is 37.3 Å². The van der Waals surface area contributed by atoms with E-state index in [1.807, 2.05) is 30.3 Å². The molecule has 5 N–H and O–H groups in total. The summed E-state index contributed by atoms with van der Waals surface area (Å²) < 4.78 is 0. The Morgan fingerprint density at radius 1 is 1.18 bits per heavy atom. The van der Waals surface area contributed by atoms with Gasteiger partial charge in [0, 0.05) is 19.0 Å². The van der Waals surface area contributed by atoms with Crippen LogP contribution in [0.2, 0.25) is 0 Å². The lowest BCUT2D eigenvalue weighted by molar-refractivity contribution is -0.578. The van der Waals surface area contributed by atoms with Crippen LogP contribution in [0.3, 0.4) is 0 Å². The van der Waals surface area contributed by atoms with Crippen molar-refractivity contribution < 1.29 is 9.85 Å². The lowest BCUT2D eigenvalue weighted by atomic mass is 9.78. The number of hydrogen-bond acceptors (Lipinski definition) is 8. The minimum Gasteiger partial charge on any atom is -0.358 e. The second kappa shape index (κ2) is 7.87. The van der Waals surface area contributed by atoms with E-state index in [9.17, 15) is 20.2 Å². The molecule has 0 spiro atoms. The third kappa shape index (κ3) is 3.27. The van der Waals surface area contributed by atoms with E-state index in [1.165, 1.54) is 18.3 Å². The number of rotatable bonds is 6. The SMILES string of the molecule is CCC1([N+](=O)[O-])N(c2ccc([N+](=O)[O-])nc2)CCC1(N)Cc1ccccc1.N. The van der Waals surface area contributed by atoms with Crippen molar-refractivity contribution in [2.75, 3.05) is 11.4 Å². The average molecular weight is 388 g/mol. The number of hydrogen-bond donors (Lipinski definition) is 2. The molecule has 2 atom stereocenters. The first-order valence-corrected chi connectivity index (χ1v) is 8.69. The molecule has 3 rings (SSSR count). The van der Waals surface area contributed by atoms with Gasteiger partial charge < -0.3 is 26.9 Å². The molecule has 150 valence electrons. The second-order valence-electron chi connectivity index (χ2n) is 6.78. The number of aromatic nitrogens is 1. The Hall–Kier alpha value is -3.11. The Kier molecular flexibility index (Phi) is 5.95. The number of nitrogens with zero attached hydrogens (tertiary/aromatic N) is 4. The normalized spacial score (nSPS) is 23.9. The van der Waals surface area contributed by atoms with Crippen LogP contribution in [0, 0.1) is 20.2 Å². The Bertz CT molecular complexity index is 847. The molecule has 28 heavy (non-hydrogen) atoms. The Labute approximate surface area is 162 Å². The Morgan fingerprint density at radius 2 is 1.86 bits per heavy atom. The summed E-state index contributed by atoms with van der Waals surface area (Å²) in [4.78, 5) is 27.6. The van der Waals surface area contributed by atoms with E-state index in [-0.39, 0.29) is 23.3 Å². The fourth-order valence-corrected chi connectivity index (χ4v) is 4.10. The molecule has 2 heterocycles. The molecular weight excluding hydrogens is 364 g/mol. The van der Waals surface area contributed by atoms with E-state index < -0.39 is 16.1 Å². The van der Waals surface area contributed by atoms with Gasteiger partial charge in [-0.3, -0.25) is 10.1 Å². The zero-order chi connectivity index (χ0) is 19.7. The quantitative estimate of drug-likeness (QED) is 0.563. The molecule has 1 aromatic carbocycles. The Balaban J connectivity index is 0.00000280. The smallest absolute Gasteiger partial charge is 0.358 e. The minimum atomic E-state index is -1.53. The summed E-state index contributed by atoms with van der Waals surface area (Å²) in [7, 11) is 0. The maximum atomic E-state index is 12.3. The van der Waals surface area contributed by atoms with Gasteiger partial charge in [-0.15, -0.1) is 0 Å². The molecule has 0 saturated carbocycles. The van der Waals surface area contributed by atoms with Gasteiger partial charge in [0.05, 0.1) is 10.6 Å². The molecule has 1 fully saturated rings. The van der Waals surface area contributed by atoms with Gasteiger partial charge in [-0.2, -0.15) is 0 Å². The molecule has 1 aliphatic heterocycles. The lowest BCUT2D eigenvalue weighted by Gasteiger charge is -2.40. The summed E-state index contributed by atoms with van der Waals surface area (Å²) in [5, 5.41) is 23.1. The lowest BCUT2D eigenvalue weighted by Crippen LogP contribution is -2.68. The molecule has 1 saturated heterocycles. The van der Waals surface area contributed by atoms with Gasteiger partial charge in [-0.05, 0) is 34.4 Å². The fraction of sp³-hybridized carbons (Fsp3) is 0.389. The van der Waals surface area contributed by atoms with E-state index in [2.05, 4.69) is 4.98 Å². The van der Waals surface area contributed by atoms with E-state index in [1.54, 1.807) is 11.8 Å². The third-order valence-corrected chi connectivity index (χ3v) is 5.41. The fourth-order valence-electron chi connectivity index (χ4n) is 4.10. The summed E-state index contributed by atoms with van der Waals surface area (Å²) in [5.41, 5.74) is 5.45. The summed E-state index contributed by atoms with van der Waals surface area (Å²) in [5.74, 6) is -0.301. The van der Waals surface area contributed by atoms with Crippen molar-refractivity contribution in [2.24, 2.45) is 5.73 Å². The number of pyridine rings is 1. The molecule has 2 unspecified atom stereocenters. The van der Waals surface area contributed by atoms with Crippen LogP contribution in [0.5, 0.6) is 0 Å². The van der Waals surface area contributed by atoms with Crippen molar-refractivity contribution in [1.29, 1.82) is 0 Å². The van der Waals surface area contributed by atoms with Gasteiger partial charge in [0.15, 0.2) is 6.20 Å². The molecule has 2 aromatic rings. The molecule has 1 aromatic heterocycles. The predicted octanol–water partition coefficient (Wildman–Crippen LogP) is 2.69. The van der Waals surface area contributed by atoms with Crippen LogP contribution in [0.4, 0.5) is 11.5 Å². The van der Waals surface area contributed by atoms with Crippen molar-refractivity contribution in [3.05, 3.63) is 74.5 Å². The van der Waals surface area contributed by atoms with Crippen LogP contribution in [0.15, 0.2) is 48.7 Å². The highest BCUT2D eigenvalue weighted by Crippen LogP contribution is 2.44. The highest BCUT2D eigenvalue weighted by molar-refractivity contribution is 5.52. The van der Waals surface area contributed by atoms with Crippen LogP contribution < -0.4 is 16.8 Å². The topological polar surface area (TPSA) is 163 Å². The van der Waals surface area contributed by atoms with Crippen molar-refractivity contribution in [1.82, 2.24) is 11.1 Å². The van der Waals surface area contributed by atoms with Gasteiger partial charge in [-0.25, -0.2) is 0 Å². The largest absolute Gasteiger partial charge is 0.363 e. The average Bonchev–Trinajstić information content (AvgIpc) is 2.95. The first-order chi connectivity index (χ1) is 12.8. The standard InChI is InChI=1S/C18H21N5O4.H3N/c1-2-18(23(26)27)17(19,12-14-6-4-3-5-7-14)10-11-21(18)15-8-9-16(20-13-15)22(24)25;/h3-9,13H,2,10-12,19H2,1H3;1H3. The van der Waals surface area contributed by atoms with E-state index in [0.717, 1.165) is 5.56 Å². The minimum absolute atomic E-state index is 0. The third-order valence-electron chi connectivity index (χ3n) is 5.41. The van der Waals surface area contributed by atoms with Gasteiger partial charge in [0.25, 0.3) is 0 Å². The second-order valence-corrected chi connectivity index (χ2v) is 6.78. The van der Waals surface area contributed by atoms with Crippen molar-refractivity contribution in [3.63, 3.8) is 0 Å². The monoisotopic (exact) mass is 388 g/mol. The van der Waals surface area contributed by atoms with Crippen LogP contribution in [-0.2, 0) is 6.42 Å². The first kappa shape index (κ1) is 21.2.